The number of carboxylic acid groups (broad SMARTS) is 1. The van der Waals surface area contributed by atoms with E-state index in [1.165, 1.54) is 19.3 Å². The average molecular weight is 219 g/mol. The van der Waals surface area contributed by atoms with Gasteiger partial charge in [-0.05, 0) is 6.42 Å². The molecule has 0 rings (SSSR count). The molecule has 0 radical (unpaired) electrons. The number of carboxylic acids is 1. The van der Waals surface area contributed by atoms with Gasteiger partial charge in [0.2, 0.25) is 0 Å². The first kappa shape index (κ1) is 16.8. The van der Waals surface area contributed by atoms with Crippen LogP contribution in [0.3, 0.4) is 0 Å². The van der Waals surface area contributed by atoms with Crippen LogP contribution in [0.5, 0.6) is 0 Å². The molecular formula is C11H25NO3. The summed E-state index contributed by atoms with van der Waals surface area (Å²) in [6.45, 7) is 3.44. The van der Waals surface area contributed by atoms with Gasteiger partial charge in [-0.1, -0.05) is 32.6 Å². The Balaban J connectivity index is 0. The second-order valence-corrected chi connectivity index (χ2v) is 3.34. The van der Waals surface area contributed by atoms with Gasteiger partial charge in [-0.3, -0.25) is 4.79 Å². The first-order valence-electron chi connectivity index (χ1n) is 5.59. The molecule has 92 valence electrons. The molecule has 0 aliphatic carbocycles. The lowest BCUT2D eigenvalue weighted by Crippen LogP contribution is -2.05. The summed E-state index contributed by atoms with van der Waals surface area (Å²) < 4.78 is 4.57. The van der Waals surface area contributed by atoms with Gasteiger partial charge in [-0.2, -0.15) is 0 Å². The van der Waals surface area contributed by atoms with Crippen LogP contribution in [0.1, 0.15) is 45.4 Å². The average Bonchev–Trinajstić information content (AvgIpc) is 2.19. The summed E-state index contributed by atoms with van der Waals surface area (Å²) >= 11 is 0. The highest BCUT2D eigenvalue weighted by Crippen LogP contribution is 2.04. The molecule has 0 saturated carbocycles. The summed E-state index contributed by atoms with van der Waals surface area (Å²) in [5.41, 5.74) is 5.01. The molecule has 0 aliphatic heterocycles. The van der Waals surface area contributed by atoms with Crippen molar-refractivity contribution in [2.75, 3.05) is 20.3 Å². The lowest BCUT2D eigenvalue weighted by Gasteiger charge is -1.95. The van der Waals surface area contributed by atoms with Crippen molar-refractivity contribution in [3.63, 3.8) is 0 Å². The number of hydrogen-bond donors (Lipinski definition) is 2. The third-order valence-electron chi connectivity index (χ3n) is 1.82. The van der Waals surface area contributed by atoms with Crippen molar-refractivity contribution in [1.82, 2.24) is 0 Å². The number of hydrogen-bond acceptors (Lipinski definition) is 3. The Morgan fingerprint density at radius 2 is 1.87 bits per heavy atom. The zero-order valence-electron chi connectivity index (χ0n) is 10.00. The van der Waals surface area contributed by atoms with E-state index >= 15 is 0 Å². The highest BCUT2D eigenvalue weighted by molar-refractivity contribution is 5.66. The summed E-state index contributed by atoms with van der Waals surface area (Å²) in [5, 5.41) is 8.27. The summed E-state index contributed by atoms with van der Waals surface area (Å²) in [5.74, 6) is -0.670. The Hall–Kier alpha value is -0.610. The zero-order valence-corrected chi connectivity index (χ0v) is 10.00. The van der Waals surface area contributed by atoms with E-state index in [0.29, 0.717) is 19.6 Å². The molecule has 3 N–H and O–H groups in total. The molecule has 4 nitrogen and oxygen atoms in total. The summed E-state index contributed by atoms with van der Waals surface area (Å²) in [6.07, 6.45) is 5.88. The van der Waals surface area contributed by atoms with Crippen molar-refractivity contribution in [3.05, 3.63) is 0 Å². The summed E-state index contributed by atoms with van der Waals surface area (Å²) in [6, 6.07) is 0. The summed E-state index contributed by atoms with van der Waals surface area (Å²) in [4.78, 5) is 10.0. The van der Waals surface area contributed by atoms with Crippen LogP contribution in [0.25, 0.3) is 0 Å². The Kier molecular flexibility index (Phi) is 17.8. The Morgan fingerprint density at radius 1 is 1.27 bits per heavy atom. The topological polar surface area (TPSA) is 72.5 Å². The van der Waals surface area contributed by atoms with E-state index in [4.69, 9.17) is 10.8 Å². The maximum absolute atomic E-state index is 10.0. The van der Waals surface area contributed by atoms with Gasteiger partial charge in [0, 0.05) is 20.1 Å². The van der Waals surface area contributed by atoms with Crippen molar-refractivity contribution in [3.8, 4) is 0 Å². The van der Waals surface area contributed by atoms with Crippen LogP contribution >= 0.6 is 0 Å². The van der Waals surface area contributed by atoms with Crippen LogP contribution in [0, 0.1) is 0 Å². The van der Waals surface area contributed by atoms with Gasteiger partial charge >= 0.3 is 5.97 Å². The van der Waals surface area contributed by atoms with Crippen LogP contribution < -0.4 is 5.73 Å². The highest BCUT2D eigenvalue weighted by Gasteiger charge is 1.94. The molecule has 0 spiro atoms. The first-order valence-corrected chi connectivity index (χ1v) is 5.59. The van der Waals surface area contributed by atoms with E-state index in [9.17, 15) is 4.79 Å². The van der Waals surface area contributed by atoms with Crippen LogP contribution in [0.15, 0.2) is 0 Å². The monoisotopic (exact) mass is 219 g/mol. The van der Waals surface area contributed by atoms with Crippen LogP contribution in [-0.4, -0.2) is 31.3 Å². The lowest BCUT2D eigenvalue weighted by atomic mass is 10.1. The number of rotatable bonds is 8. The zero-order chi connectivity index (χ0) is 11.9. The van der Waals surface area contributed by atoms with Gasteiger partial charge in [0.1, 0.15) is 0 Å². The Labute approximate surface area is 92.8 Å². The van der Waals surface area contributed by atoms with Gasteiger partial charge < -0.3 is 15.6 Å². The molecule has 0 heterocycles. The van der Waals surface area contributed by atoms with Crippen molar-refractivity contribution >= 4 is 5.97 Å². The number of nitrogens with two attached hydrogens (primary N) is 1. The fourth-order valence-electron chi connectivity index (χ4n) is 0.998. The quantitative estimate of drug-likeness (QED) is 0.613. The standard InChI is InChI=1S/C8H16O2.C3H9NO/c1-2-3-4-5-6-7-8(9)10;1-5-3-2-4/h2-7H2,1H3,(H,9,10);2-4H2,1H3. The predicted molar refractivity (Wildman–Crippen MR) is 61.9 cm³/mol. The Bertz CT molecular complexity index is 127. The Morgan fingerprint density at radius 3 is 2.20 bits per heavy atom. The van der Waals surface area contributed by atoms with Crippen molar-refractivity contribution < 1.29 is 14.6 Å². The van der Waals surface area contributed by atoms with Gasteiger partial charge in [0.25, 0.3) is 0 Å². The molecule has 0 aromatic heterocycles. The van der Waals surface area contributed by atoms with E-state index < -0.39 is 5.97 Å². The maximum Gasteiger partial charge on any atom is 0.303 e. The molecule has 4 heteroatoms. The van der Waals surface area contributed by atoms with Gasteiger partial charge in [0.15, 0.2) is 0 Å². The summed E-state index contributed by atoms with van der Waals surface area (Å²) in [7, 11) is 1.63. The van der Waals surface area contributed by atoms with E-state index in [0.717, 1.165) is 12.8 Å². The van der Waals surface area contributed by atoms with Crippen molar-refractivity contribution in [1.29, 1.82) is 0 Å². The smallest absolute Gasteiger partial charge is 0.303 e. The van der Waals surface area contributed by atoms with E-state index in [1.54, 1.807) is 7.11 Å². The van der Waals surface area contributed by atoms with Gasteiger partial charge in [-0.25, -0.2) is 0 Å². The molecule has 0 atom stereocenters. The van der Waals surface area contributed by atoms with Crippen LogP contribution in [-0.2, 0) is 9.53 Å². The predicted octanol–water partition coefficient (Wildman–Crippen LogP) is 2.02. The number of aliphatic carboxylic acids is 1. The fourth-order valence-corrected chi connectivity index (χ4v) is 0.998. The minimum absolute atomic E-state index is 0.337. The second kappa shape index (κ2) is 15.8. The normalized spacial score (nSPS) is 9.27. The van der Waals surface area contributed by atoms with Crippen LogP contribution in [0.4, 0.5) is 0 Å². The van der Waals surface area contributed by atoms with E-state index in [2.05, 4.69) is 11.7 Å². The highest BCUT2D eigenvalue weighted by atomic mass is 16.5. The number of carbonyl (C=O) groups is 1. The third kappa shape index (κ3) is 24.7. The number of unbranched alkanes of at least 4 members (excludes halogenated alkanes) is 4. The van der Waals surface area contributed by atoms with E-state index in [-0.39, 0.29) is 0 Å². The molecule has 0 aliphatic rings. The molecule has 0 unspecified atom stereocenters. The van der Waals surface area contributed by atoms with Gasteiger partial charge in [-0.15, -0.1) is 0 Å². The molecule has 0 aromatic rings. The first-order chi connectivity index (χ1) is 7.18. The van der Waals surface area contributed by atoms with Crippen molar-refractivity contribution in [2.45, 2.75) is 45.4 Å². The van der Waals surface area contributed by atoms with E-state index in [1.807, 2.05) is 0 Å². The van der Waals surface area contributed by atoms with Gasteiger partial charge in [0.05, 0.1) is 6.61 Å². The molecule has 0 amide bonds. The van der Waals surface area contributed by atoms with Crippen molar-refractivity contribution in [2.24, 2.45) is 5.73 Å². The molecule has 0 aromatic carbocycles. The third-order valence-corrected chi connectivity index (χ3v) is 1.82. The number of methoxy groups -OCH3 is 1. The molecular weight excluding hydrogens is 194 g/mol. The molecule has 0 saturated heterocycles. The molecule has 0 bridgehead atoms. The fraction of sp³-hybridized carbons (Fsp3) is 0.909. The minimum atomic E-state index is -0.670. The molecule has 15 heavy (non-hydrogen) atoms. The number of ether oxygens (including phenoxy) is 1. The minimum Gasteiger partial charge on any atom is -0.481 e. The second-order valence-electron chi connectivity index (χ2n) is 3.34. The molecule has 0 fully saturated rings. The maximum atomic E-state index is 10.0. The SMILES string of the molecule is CCCCCCCC(=O)O.COCCN. The lowest BCUT2D eigenvalue weighted by molar-refractivity contribution is -0.137. The largest absolute Gasteiger partial charge is 0.481 e. The van der Waals surface area contributed by atoms with Crippen LogP contribution in [0.2, 0.25) is 0 Å².